The Balaban J connectivity index is 1.78. The van der Waals surface area contributed by atoms with Crippen LogP contribution in [0.4, 0.5) is 4.79 Å². The number of ether oxygens (including phenoxy) is 1. The number of benzene rings is 1. The van der Waals surface area contributed by atoms with Crippen LogP contribution >= 0.6 is 11.6 Å². The van der Waals surface area contributed by atoms with Crippen LogP contribution in [0.5, 0.6) is 0 Å². The molecule has 6 nitrogen and oxygen atoms in total. The zero-order chi connectivity index (χ0) is 16.7. The fourth-order valence-electron chi connectivity index (χ4n) is 1.90. The van der Waals surface area contributed by atoms with Gasteiger partial charge in [-0.25, -0.2) is 9.78 Å². The molecular formula is C16H17ClN2O4. The Bertz CT molecular complexity index is 639. The van der Waals surface area contributed by atoms with Crippen molar-refractivity contribution in [1.82, 2.24) is 10.3 Å². The molecule has 0 aliphatic heterocycles. The maximum Gasteiger partial charge on any atom is 0.407 e. The van der Waals surface area contributed by atoms with Crippen LogP contribution in [0.25, 0.3) is 0 Å². The number of amides is 1. The lowest BCUT2D eigenvalue weighted by molar-refractivity contribution is 0.0183. The van der Waals surface area contributed by atoms with Gasteiger partial charge in [-0.1, -0.05) is 48.0 Å². The molecule has 0 radical (unpaired) electrons. The second-order valence-corrected chi connectivity index (χ2v) is 5.20. The van der Waals surface area contributed by atoms with Crippen molar-refractivity contribution in [3.8, 4) is 0 Å². The molecule has 2 atom stereocenters. The zero-order valence-electron chi connectivity index (χ0n) is 12.2. The summed E-state index contributed by atoms with van der Waals surface area (Å²) in [4.78, 5) is 15.4. The summed E-state index contributed by atoms with van der Waals surface area (Å²) >= 11 is 5.85. The van der Waals surface area contributed by atoms with E-state index in [0.717, 1.165) is 5.56 Å². The van der Waals surface area contributed by atoms with Crippen LogP contribution in [-0.2, 0) is 11.3 Å². The van der Waals surface area contributed by atoms with Gasteiger partial charge in [0.05, 0.1) is 0 Å². The Morgan fingerprint density at radius 2 is 1.96 bits per heavy atom. The minimum atomic E-state index is -1.26. The lowest BCUT2D eigenvalue weighted by Gasteiger charge is -2.19. The Kier molecular flexibility index (Phi) is 6.34. The van der Waals surface area contributed by atoms with Crippen LogP contribution in [0.15, 0.2) is 48.7 Å². The fraction of sp³-hybridized carbons (Fsp3) is 0.250. The largest absolute Gasteiger partial charge is 0.445 e. The Morgan fingerprint density at radius 3 is 2.65 bits per heavy atom. The number of alkyl carbamates (subject to hydrolysis) is 1. The number of aliphatic hydroxyl groups excluding tert-OH is 2. The molecule has 3 N–H and O–H groups in total. The van der Waals surface area contributed by atoms with Gasteiger partial charge in [0.1, 0.15) is 24.0 Å². The maximum absolute atomic E-state index is 11.6. The first-order chi connectivity index (χ1) is 11.1. The van der Waals surface area contributed by atoms with Crippen LogP contribution < -0.4 is 5.32 Å². The van der Waals surface area contributed by atoms with Crippen molar-refractivity contribution in [3.05, 3.63) is 64.9 Å². The zero-order valence-corrected chi connectivity index (χ0v) is 13.0. The highest BCUT2D eigenvalue weighted by atomic mass is 35.5. The lowest BCUT2D eigenvalue weighted by Crippen LogP contribution is -2.35. The number of pyridine rings is 1. The quantitative estimate of drug-likeness (QED) is 0.702. The number of nitrogens with one attached hydrogen (secondary N) is 1. The monoisotopic (exact) mass is 336 g/mol. The van der Waals surface area contributed by atoms with E-state index in [1.165, 1.54) is 6.20 Å². The van der Waals surface area contributed by atoms with Gasteiger partial charge in [0.2, 0.25) is 0 Å². The first-order valence-electron chi connectivity index (χ1n) is 6.99. The minimum Gasteiger partial charge on any atom is -0.445 e. The molecule has 0 saturated carbocycles. The molecule has 1 amide bonds. The Hall–Kier alpha value is -2.15. The van der Waals surface area contributed by atoms with Gasteiger partial charge < -0.3 is 20.3 Å². The van der Waals surface area contributed by atoms with Gasteiger partial charge in [0.25, 0.3) is 0 Å². The predicted molar refractivity (Wildman–Crippen MR) is 84.8 cm³/mol. The first-order valence-corrected chi connectivity index (χ1v) is 7.37. The highest BCUT2D eigenvalue weighted by molar-refractivity contribution is 6.30. The standard InChI is InChI=1S/C16H17ClN2O4/c17-15-12(7-4-8-18-15)14(21)13(20)9-19-16(22)23-10-11-5-2-1-3-6-11/h1-8,13-14,20-21H,9-10H2,(H,19,22). The molecule has 122 valence electrons. The van der Waals surface area contributed by atoms with E-state index in [9.17, 15) is 15.0 Å². The van der Waals surface area contributed by atoms with Crippen molar-refractivity contribution in [2.24, 2.45) is 0 Å². The number of hydrogen-bond donors (Lipinski definition) is 3. The van der Waals surface area contributed by atoms with E-state index in [2.05, 4.69) is 10.3 Å². The molecule has 2 rings (SSSR count). The molecule has 2 unspecified atom stereocenters. The summed E-state index contributed by atoms with van der Waals surface area (Å²) in [6.45, 7) is -0.0558. The van der Waals surface area contributed by atoms with Crippen LogP contribution in [0, 0.1) is 0 Å². The molecule has 0 aliphatic rings. The third kappa shape index (κ3) is 5.21. The van der Waals surface area contributed by atoms with Crippen LogP contribution in [0.3, 0.4) is 0 Å². The number of nitrogens with zero attached hydrogens (tertiary/aromatic N) is 1. The van der Waals surface area contributed by atoms with Crippen molar-refractivity contribution in [3.63, 3.8) is 0 Å². The second-order valence-electron chi connectivity index (χ2n) is 4.84. The summed E-state index contributed by atoms with van der Waals surface area (Å²) in [5, 5.41) is 22.4. The molecule has 0 aliphatic carbocycles. The smallest absolute Gasteiger partial charge is 0.407 e. The topological polar surface area (TPSA) is 91.7 Å². The number of carbonyl (C=O) groups excluding carboxylic acids is 1. The average Bonchev–Trinajstić information content (AvgIpc) is 2.58. The molecule has 0 fully saturated rings. The number of aromatic nitrogens is 1. The molecule has 23 heavy (non-hydrogen) atoms. The van der Waals surface area contributed by atoms with E-state index in [4.69, 9.17) is 16.3 Å². The van der Waals surface area contributed by atoms with Crippen LogP contribution in [0.1, 0.15) is 17.2 Å². The minimum absolute atomic E-state index is 0.103. The number of aliphatic hydroxyl groups is 2. The molecule has 0 saturated heterocycles. The number of hydrogen-bond acceptors (Lipinski definition) is 5. The van der Waals surface area contributed by atoms with Gasteiger partial charge in [0.15, 0.2) is 0 Å². The maximum atomic E-state index is 11.6. The van der Waals surface area contributed by atoms with E-state index in [0.29, 0.717) is 5.56 Å². The SMILES string of the molecule is O=C(NCC(O)C(O)c1cccnc1Cl)OCc1ccccc1. The van der Waals surface area contributed by atoms with Crippen molar-refractivity contribution < 1.29 is 19.7 Å². The summed E-state index contributed by atoms with van der Waals surface area (Å²) in [6, 6.07) is 12.4. The van der Waals surface area contributed by atoms with Crippen LogP contribution in [-0.4, -0.2) is 33.9 Å². The van der Waals surface area contributed by atoms with Gasteiger partial charge in [-0.2, -0.15) is 0 Å². The molecule has 7 heteroatoms. The van der Waals surface area contributed by atoms with Crippen molar-refractivity contribution >= 4 is 17.7 Å². The van der Waals surface area contributed by atoms with Gasteiger partial charge in [-0.05, 0) is 11.6 Å². The number of carbonyl (C=O) groups is 1. The third-order valence-electron chi connectivity index (χ3n) is 3.14. The van der Waals surface area contributed by atoms with E-state index in [-0.39, 0.29) is 18.3 Å². The first kappa shape index (κ1) is 17.2. The molecule has 0 bridgehead atoms. The molecular weight excluding hydrogens is 320 g/mol. The van der Waals surface area contributed by atoms with Gasteiger partial charge in [-0.3, -0.25) is 0 Å². The van der Waals surface area contributed by atoms with E-state index >= 15 is 0 Å². The Morgan fingerprint density at radius 1 is 1.22 bits per heavy atom. The second kappa shape index (κ2) is 8.47. The summed E-state index contributed by atoms with van der Waals surface area (Å²) in [5.74, 6) is 0. The van der Waals surface area contributed by atoms with Gasteiger partial charge in [0, 0.05) is 18.3 Å². The van der Waals surface area contributed by atoms with Crippen LogP contribution in [0.2, 0.25) is 5.15 Å². The highest BCUT2D eigenvalue weighted by Gasteiger charge is 2.21. The molecule has 1 heterocycles. The molecule has 2 aromatic rings. The molecule has 1 aromatic heterocycles. The van der Waals surface area contributed by atoms with Crippen molar-refractivity contribution in [2.45, 2.75) is 18.8 Å². The number of rotatable bonds is 6. The number of halogens is 1. The predicted octanol–water partition coefficient (Wildman–Crippen LogP) is 2.06. The summed E-state index contributed by atoms with van der Waals surface area (Å²) in [6.07, 6.45) is -1.70. The average molecular weight is 337 g/mol. The Labute approximate surface area is 138 Å². The normalized spacial score (nSPS) is 13.2. The van der Waals surface area contributed by atoms with E-state index in [1.807, 2.05) is 30.3 Å². The third-order valence-corrected chi connectivity index (χ3v) is 3.46. The summed E-state index contributed by atoms with van der Waals surface area (Å²) in [5.41, 5.74) is 1.14. The molecule has 0 spiro atoms. The summed E-state index contributed by atoms with van der Waals surface area (Å²) in [7, 11) is 0. The van der Waals surface area contributed by atoms with Crippen molar-refractivity contribution in [1.29, 1.82) is 0 Å². The highest BCUT2D eigenvalue weighted by Crippen LogP contribution is 2.22. The van der Waals surface area contributed by atoms with E-state index < -0.39 is 18.3 Å². The van der Waals surface area contributed by atoms with Gasteiger partial charge >= 0.3 is 6.09 Å². The molecule has 1 aromatic carbocycles. The fourth-order valence-corrected chi connectivity index (χ4v) is 2.13. The van der Waals surface area contributed by atoms with Gasteiger partial charge in [-0.15, -0.1) is 0 Å². The van der Waals surface area contributed by atoms with Crippen molar-refractivity contribution in [2.75, 3.05) is 6.54 Å². The van der Waals surface area contributed by atoms with E-state index in [1.54, 1.807) is 12.1 Å². The lowest BCUT2D eigenvalue weighted by atomic mass is 10.1. The summed E-state index contributed by atoms with van der Waals surface area (Å²) < 4.78 is 5.01.